The van der Waals surface area contributed by atoms with E-state index in [2.05, 4.69) is 30.2 Å². The zero-order chi connectivity index (χ0) is 30.6. The molecule has 1 saturated heterocycles. The average molecular weight is 593 g/mol. The van der Waals surface area contributed by atoms with Crippen LogP contribution in [0.25, 0.3) is 6.08 Å². The molecule has 232 valence electrons. The fraction of sp³-hybridized carbons (Fsp3) is 0.750. The molecule has 9 heteroatoms. The average Bonchev–Trinajstić information content (AvgIpc) is 3.28. The molecule has 1 aromatic heterocycles. The Balaban J connectivity index is 1.91. The third-order valence-electron chi connectivity index (χ3n) is 8.62. The van der Waals surface area contributed by atoms with Crippen molar-refractivity contribution < 1.29 is 29.0 Å². The molecule has 2 rings (SSSR count). The molecular formula is C32H52N2O6S. The number of amides is 1. The molecule has 0 aliphatic carbocycles. The number of methoxy groups -OCH3 is 1. The largest absolute Gasteiger partial charge is 0.392 e. The monoisotopic (exact) mass is 592 g/mol. The van der Waals surface area contributed by atoms with Gasteiger partial charge in [-0.2, -0.15) is 0 Å². The summed E-state index contributed by atoms with van der Waals surface area (Å²) >= 11 is 1.57. The maximum absolute atomic E-state index is 13.6. The zero-order valence-corrected chi connectivity index (χ0v) is 26.9. The van der Waals surface area contributed by atoms with Gasteiger partial charge in [-0.15, -0.1) is 11.3 Å². The highest BCUT2D eigenvalue weighted by molar-refractivity contribution is 7.07. The number of carbonyl (C=O) groups is 3. The Bertz CT molecular complexity index is 994. The number of nitrogens with one attached hydrogen (secondary N) is 1. The maximum atomic E-state index is 13.6. The highest BCUT2D eigenvalue weighted by Gasteiger charge is 2.52. The van der Waals surface area contributed by atoms with Gasteiger partial charge in [0.2, 0.25) is 5.91 Å². The van der Waals surface area contributed by atoms with E-state index in [-0.39, 0.29) is 35.4 Å². The lowest BCUT2D eigenvalue weighted by atomic mass is 9.72. The minimum absolute atomic E-state index is 0.0162. The topological polar surface area (TPSA) is 118 Å². The van der Waals surface area contributed by atoms with Crippen molar-refractivity contribution in [2.45, 2.75) is 123 Å². The van der Waals surface area contributed by atoms with E-state index in [9.17, 15) is 19.5 Å². The van der Waals surface area contributed by atoms with Gasteiger partial charge in [-0.3, -0.25) is 9.59 Å². The summed E-state index contributed by atoms with van der Waals surface area (Å²) in [5, 5.41) is 16.2. The first kappa shape index (κ1) is 35.3. The predicted octanol–water partition coefficient (Wildman–Crippen LogP) is 5.77. The molecule has 6 atom stereocenters. The highest BCUT2D eigenvalue weighted by atomic mass is 32.1. The Morgan fingerprint density at radius 3 is 2.61 bits per heavy atom. The zero-order valence-electron chi connectivity index (χ0n) is 26.1. The van der Waals surface area contributed by atoms with Crippen LogP contribution in [0.15, 0.2) is 16.5 Å². The van der Waals surface area contributed by atoms with E-state index < -0.39 is 17.4 Å². The van der Waals surface area contributed by atoms with Gasteiger partial charge in [0.05, 0.1) is 35.1 Å². The van der Waals surface area contributed by atoms with Gasteiger partial charge in [0.25, 0.3) is 0 Å². The van der Waals surface area contributed by atoms with Crippen molar-refractivity contribution in [3.05, 3.63) is 22.2 Å². The van der Waals surface area contributed by atoms with E-state index in [1.165, 1.54) is 6.92 Å². The molecule has 0 spiro atoms. The highest BCUT2D eigenvalue weighted by Crippen LogP contribution is 2.44. The number of aliphatic hydroxyl groups is 1. The lowest BCUT2D eigenvalue weighted by Gasteiger charge is -2.33. The van der Waals surface area contributed by atoms with Crippen LogP contribution in [-0.2, 0) is 23.9 Å². The van der Waals surface area contributed by atoms with E-state index in [1.807, 2.05) is 31.7 Å². The van der Waals surface area contributed by atoms with Crippen molar-refractivity contribution >= 4 is 35.4 Å². The van der Waals surface area contributed by atoms with Crippen LogP contribution in [0.3, 0.4) is 0 Å². The standard InChI is InChI=1S/C32H52N2O6S/c1-22(29(37)26(13-8-9-16-33-24(3)36)30(38)31(4,5)14-11-17-35)12-10-15-32(6)28(40-32)19-27(39-7)23(2)18-25-20-41-21-34-25/h17-18,20-22,26-29,37H,8-16,19H2,1-7H3,(H,33,36)/b23-18+/t22-,26+,27-,28-,29-,32+/m0/s1. The van der Waals surface area contributed by atoms with Gasteiger partial charge in [0, 0.05) is 50.1 Å². The number of aliphatic hydroxyl groups excluding tert-OH is 1. The summed E-state index contributed by atoms with van der Waals surface area (Å²) in [6.45, 7) is 12.0. The lowest BCUT2D eigenvalue weighted by molar-refractivity contribution is -0.137. The second-order valence-corrected chi connectivity index (χ2v) is 13.3. The minimum Gasteiger partial charge on any atom is -0.392 e. The van der Waals surface area contributed by atoms with Gasteiger partial charge < -0.3 is 24.7 Å². The number of Topliss-reactive ketones (excluding diaryl/α,β-unsaturated/α-hetero) is 1. The first-order chi connectivity index (χ1) is 19.3. The Morgan fingerprint density at radius 2 is 2.00 bits per heavy atom. The van der Waals surface area contributed by atoms with Crippen molar-refractivity contribution in [3.8, 4) is 0 Å². The number of unbranched alkanes of at least 4 members (excludes halogenated alkanes) is 1. The molecule has 8 nitrogen and oxygen atoms in total. The molecule has 0 aromatic carbocycles. The molecule has 0 bridgehead atoms. The number of aromatic nitrogens is 1. The Labute approximate surface area is 250 Å². The molecule has 41 heavy (non-hydrogen) atoms. The summed E-state index contributed by atoms with van der Waals surface area (Å²) in [4.78, 5) is 40.1. The second-order valence-electron chi connectivity index (χ2n) is 12.6. The van der Waals surface area contributed by atoms with Crippen molar-refractivity contribution in [2.75, 3.05) is 13.7 Å². The first-order valence-corrected chi connectivity index (χ1v) is 16.0. The number of aldehydes is 1. The van der Waals surface area contributed by atoms with Crippen LogP contribution in [0.1, 0.15) is 105 Å². The fourth-order valence-corrected chi connectivity index (χ4v) is 6.20. The van der Waals surface area contributed by atoms with Gasteiger partial charge in [-0.25, -0.2) is 4.98 Å². The van der Waals surface area contributed by atoms with Gasteiger partial charge in [-0.1, -0.05) is 33.6 Å². The molecule has 0 radical (unpaired) electrons. The Morgan fingerprint density at radius 1 is 1.27 bits per heavy atom. The molecule has 2 N–H and O–H groups in total. The Kier molecular flexibility index (Phi) is 14.3. The minimum atomic E-state index is -0.765. The number of ether oxygens (including phenoxy) is 2. The third-order valence-corrected chi connectivity index (χ3v) is 9.22. The van der Waals surface area contributed by atoms with E-state index in [1.54, 1.807) is 18.4 Å². The molecular weight excluding hydrogens is 540 g/mol. The van der Waals surface area contributed by atoms with Gasteiger partial charge >= 0.3 is 0 Å². The van der Waals surface area contributed by atoms with Gasteiger partial charge in [0.15, 0.2) is 0 Å². The predicted molar refractivity (Wildman–Crippen MR) is 164 cm³/mol. The normalized spacial score (nSPS) is 22.0. The van der Waals surface area contributed by atoms with Gasteiger partial charge in [-0.05, 0) is 63.5 Å². The van der Waals surface area contributed by atoms with Gasteiger partial charge in [0.1, 0.15) is 12.1 Å². The van der Waals surface area contributed by atoms with Crippen LogP contribution < -0.4 is 5.32 Å². The van der Waals surface area contributed by atoms with Crippen LogP contribution in [0, 0.1) is 17.3 Å². The number of thiazole rings is 1. The number of ketones is 1. The molecule has 0 saturated carbocycles. The smallest absolute Gasteiger partial charge is 0.216 e. The molecule has 1 fully saturated rings. The molecule has 1 aliphatic rings. The molecule has 1 aromatic rings. The lowest BCUT2D eigenvalue weighted by Crippen LogP contribution is -2.40. The van der Waals surface area contributed by atoms with Crippen molar-refractivity contribution in [1.82, 2.24) is 10.3 Å². The number of nitrogens with zero attached hydrogens (tertiary/aromatic N) is 1. The number of hydrogen-bond donors (Lipinski definition) is 2. The SMILES string of the molecule is CO[C@@H](C[C@@H]1O[C@]1(C)CCC[C@H](C)[C@H](O)[C@@H](CCCCNC(C)=O)C(=O)C(C)(C)CCC=O)/C(C)=C/c1cscn1. The van der Waals surface area contributed by atoms with E-state index in [4.69, 9.17) is 9.47 Å². The van der Waals surface area contributed by atoms with Crippen molar-refractivity contribution in [2.24, 2.45) is 17.3 Å². The van der Waals surface area contributed by atoms with E-state index >= 15 is 0 Å². The first-order valence-electron chi connectivity index (χ1n) is 15.0. The summed E-state index contributed by atoms with van der Waals surface area (Å²) in [7, 11) is 1.73. The van der Waals surface area contributed by atoms with Crippen molar-refractivity contribution in [1.29, 1.82) is 0 Å². The van der Waals surface area contributed by atoms with Crippen LogP contribution in [0.5, 0.6) is 0 Å². The summed E-state index contributed by atoms with van der Waals surface area (Å²) < 4.78 is 11.9. The summed E-state index contributed by atoms with van der Waals surface area (Å²) in [6.07, 6.45) is 8.37. The Hall–Kier alpha value is -1.94. The third kappa shape index (κ3) is 11.3. The van der Waals surface area contributed by atoms with Crippen molar-refractivity contribution in [3.63, 3.8) is 0 Å². The van der Waals surface area contributed by atoms with E-state index in [0.717, 1.165) is 56.1 Å². The molecule has 0 unspecified atom stereocenters. The molecule has 1 aliphatic heterocycles. The van der Waals surface area contributed by atoms with E-state index in [0.29, 0.717) is 25.8 Å². The molecule has 1 amide bonds. The quantitative estimate of drug-likeness (QED) is 0.106. The number of hydrogen-bond acceptors (Lipinski definition) is 8. The number of epoxide rings is 1. The van der Waals surface area contributed by atoms with Crippen LogP contribution in [0.2, 0.25) is 0 Å². The summed E-state index contributed by atoms with van der Waals surface area (Å²) in [5.41, 5.74) is 2.99. The second kappa shape index (κ2) is 16.6. The van der Waals surface area contributed by atoms with Crippen LogP contribution >= 0.6 is 11.3 Å². The number of carbonyl (C=O) groups excluding carboxylic acids is 3. The summed E-state index contributed by atoms with van der Waals surface area (Å²) in [5.74, 6) is -0.615. The van der Waals surface area contributed by atoms with Crippen LogP contribution in [-0.4, -0.2) is 65.6 Å². The van der Waals surface area contributed by atoms with Crippen LogP contribution in [0.4, 0.5) is 0 Å². The molecule has 2 heterocycles. The summed E-state index contributed by atoms with van der Waals surface area (Å²) in [6, 6.07) is 0. The maximum Gasteiger partial charge on any atom is 0.216 e. The fourth-order valence-electron chi connectivity index (χ4n) is 5.69. The number of rotatable bonds is 21.